The van der Waals surface area contributed by atoms with Crippen molar-refractivity contribution in [2.45, 2.75) is 398 Å². The predicted molar refractivity (Wildman–Crippen MR) is 458 cm³/mol. The van der Waals surface area contributed by atoms with Crippen molar-refractivity contribution in [3.8, 4) is 0 Å². The molecule has 22 unspecified atom stereocenters. The van der Waals surface area contributed by atoms with Gasteiger partial charge in [-0.25, -0.2) is 9.59 Å². The minimum atomic E-state index is -2.96. The summed E-state index contributed by atoms with van der Waals surface area (Å²) < 4.78 is 131. The Morgan fingerprint density at radius 1 is 0.313 bits per heavy atom. The largest absolute Gasteiger partial charge is 0.477 e. The normalized spacial score (nSPS) is 47.3. The van der Waals surface area contributed by atoms with Crippen LogP contribution in [-0.2, 0) is 133 Å². The lowest BCUT2D eigenvalue weighted by Gasteiger charge is -2.51. The lowest BCUT2D eigenvalue weighted by molar-refractivity contribution is -0.399. The average Bonchev–Trinajstić information content (AvgIpc) is 0.759. The van der Waals surface area contributed by atoms with Gasteiger partial charge in [0.15, 0.2) is 50.3 Å². The van der Waals surface area contributed by atoms with Crippen molar-refractivity contribution < 1.29 is 291 Å². The molecule has 0 aromatic heterocycles. The number of aliphatic hydroxyl groups is 29. The molecule has 147 heavy (non-hydrogen) atoms. The Kier molecular flexibility index (Phi) is 43.7. The van der Waals surface area contributed by atoms with E-state index < -0.39 is 469 Å². The van der Waals surface area contributed by atoms with Gasteiger partial charge in [-0.2, -0.15) is 0 Å². The molecule has 64 heteroatoms. The molecule has 11 saturated heterocycles. The zero-order valence-corrected chi connectivity index (χ0v) is 79.8. The first-order valence-corrected chi connectivity index (χ1v) is 47.1. The molecule has 35 N–H and O–H groups in total. The van der Waals surface area contributed by atoms with E-state index in [0.717, 1.165) is 27.7 Å². The number of carbonyl (C=O) groups excluding carboxylic acids is 4. The van der Waals surface area contributed by atoms with Crippen molar-refractivity contribution in [1.29, 1.82) is 0 Å². The SMILES string of the molecule is [B]OCC1OC(C)[C@@H](NC(C)=O)[C@@H](O)[C@@H]1OC1OC(CO)[C@@H](OC2OC(COC3OC(CO)[C@@H](O)[C@H](O)[C@H]3OC3OC(CO)[C@@H](OC4OC(COC5(C(=O)O)C[C@@H](O)[C@@H](C)C([C@@H](O)[C@H](O)CO)O5)[C@H](O)[C@H](O)[C@@H]4O)[C@H](O)[C@@H]3NC(C)=O)[C@@H](O)[C@H](O[C@@H]3OC(CO)C(O)[C@H](O)[C@@H]3OC3OC(CO)[C@@H](OC4OC(COC5(C(=O)O)C[C@@H](O)[C@@H](C)C([C@@H](O)[C@H](O)CO)O5)[C@H](O)[C@H](O)[C@@H]4O)[C@H](O)[C@@H]3NC(C)=O)[C@H]2O)[C@H](O)[C@@H]1NC(C)=O. The number of carbonyl (C=O) groups is 6. The summed E-state index contributed by atoms with van der Waals surface area (Å²) in [5.74, 6) is -15.8. The fraction of sp³-hybridized carbons (Fsp3) is 0.928. The van der Waals surface area contributed by atoms with E-state index in [-0.39, 0.29) is 0 Å². The summed E-state index contributed by atoms with van der Waals surface area (Å²) in [5, 5.41) is 359. The molecule has 2 radical (unpaired) electrons. The molecule has 63 nitrogen and oxygen atoms in total. The zero-order chi connectivity index (χ0) is 109. The van der Waals surface area contributed by atoms with Crippen LogP contribution in [0.25, 0.3) is 0 Å². The highest BCUT2D eigenvalue weighted by Crippen LogP contribution is 2.45. The number of carboxylic acids is 2. The minimum Gasteiger partial charge on any atom is -0.477 e. The number of hydrogen-bond donors (Lipinski definition) is 35. The summed E-state index contributed by atoms with van der Waals surface area (Å²) >= 11 is 0. The molecular weight excluding hydrogens is 2010 g/mol. The first kappa shape index (κ1) is 122. The molecule has 11 aliphatic rings. The number of amides is 4. The Hall–Kier alpha value is -5.16. The second-order valence-electron chi connectivity index (χ2n) is 37.9. The third kappa shape index (κ3) is 27.0. The van der Waals surface area contributed by atoms with Crippen molar-refractivity contribution in [3.05, 3.63) is 0 Å². The second kappa shape index (κ2) is 52.6. The fourth-order valence-electron chi connectivity index (χ4n) is 19.3. The van der Waals surface area contributed by atoms with Crippen molar-refractivity contribution >= 4 is 43.6 Å². The minimum absolute atomic E-state index is 0.541. The van der Waals surface area contributed by atoms with Crippen LogP contribution in [0.15, 0.2) is 0 Å². The van der Waals surface area contributed by atoms with E-state index in [4.69, 9.17) is 112 Å². The molecule has 11 aliphatic heterocycles. The van der Waals surface area contributed by atoms with Crippen molar-refractivity contribution in [2.75, 3.05) is 72.7 Å². The molecule has 11 heterocycles. The van der Waals surface area contributed by atoms with Gasteiger partial charge in [-0.05, 0) is 6.92 Å². The van der Waals surface area contributed by atoms with Crippen LogP contribution in [0, 0.1) is 11.8 Å². The Bertz CT molecular complexity index is 4170. The molecule has 11 fully saturated rings. The highest BCUT2D eigenvalue weighted by Gasteiger charge is 2.65. The first-order chi connectivity index (χ1) is 69.2. The van der Waals surface area contributed by atoms with Gasteiger partial charge in [0.1, 0.15) is 238 Å². The second-order valence-corrected chi connectivity index (χ2v) is 37.9. The maximum absolute atomic E-state index is 13.3. The van der Waals surface area contributed by atoms with Crippen molar-refractivity contribution in [2.24, 2.45) is 11.8 Å². The molecule has 0 aliphatic carbocycles. The van der Waals surface area contributed by atoms with Gasteiger partial charge < -0.3 is 284 Å². The maximum atomic E-state index is 13.3. The molecule has 0 aromatic carbocycles. The van der Waals surface area contributed by atoms with Gasteiger partial charge in [0.05, 0.1) is 109 Å². The van der Waals surface area contributed by atoms with E-state index in [1.807, 2.05) is 0 Å². The number of nitrogens with one attached hydrogen (secondary N) is 4. The highest BCUT2D eigenvalue weighted by atomic mass is 16.8. The van der Waals surface area contributed by atoms with Crippen LogP contribution in [0.5, 0.6) is 0 Å². The lowest BCUT2D eigenvalue weighted by atomic mass is 9.84. The van der Waals surface area contributed by atoms with E-state index in [9.17, 15) is 187 Å². The molecule has 0 saturated carbocycles. The standard InChI is InChI=1S/C83H137BN4O59/c1-21-28(100)8-82(80(122)123,146-63(21)45(104)30(102)10-89)127-18-38-49(108)56(115)60(119)75(137-38)140-65-34(14-93)134-73(43(54(65)113)87-26(6)98)144-70-58(117)47(106)32(12-91)131-78(70)126-17-37-51(110)69(62(121)77(136-37)142-67-36(16-95)133-72(42(53(67)112)86-25(5)97)139-68-40(20-129-84)130-23(3)41(52(68)111)85-24(4)96)143-79-71(59(118)48(107)33(13-92)132-79)145-74-44(88-27(7)99)55(114)66(35(15-94)135-74)141-76-61(120)57(116)50(109)39(138-76)19-128-83(81(124)125)9-29(101)22(2)64(147-83)46(105)31(103)11-90/h21-23,28-79,89-95,100-121H,8-20H2,1-7H3,(H,85,96)(H,86,97)(H,87,98)(H,88,99)(H,122,123)(H,124,125)/t21-,22-,23?,28-,29-,30-,31-,32?,33?,34?,35?,36?,37?,38?,39?,40?,41-,42+,43+,44+,45+,46+,47-,48?,49+,50+,51-,52-,53-,54-,55-,56+,57+,58+,59+,60+,61+,62-,63?,64?,65-,66-,67-,68-,69+,70-,71+,72?,73?,74?,75?,76?,77?,78?,79+,82?,83?/m1/s1. The molecule has 11 rings (SSSR count). The number of rotatable bonds is 42. The van der Waals surface area contributed by atoms with Crippen LogP contribution in [0.1, 0.15) is 61.3 Å². The van der Waals surface area contributed by atoms with Gasteiger partial charge >= 0.3 is 11.9 Å². The Balaban J connectivity index is 0.891. The lowest BCUT2D eigenvalue weighted by Crippen LogP contribution is -2.71. The molecule has 0 bridgehead atoms. The monoisotopic (exact) mass is 2140 g/mol. The van der Waals surface area contributed by atoms with Crippen LogP contribution in [0.4, 0.5) is 0 Å². The third-order valence-corrected chi connectivity index (χ3v) is 27.7. The van der Waals surface area contributed by atoms with E-state index in [2.05, 4.69) is 21.3 Å². The van der Waals surface area contributed by atoms with E-state index in [1.54, 1.807) is 0 Å². The van der Waals surface area contributed by atoms with Crippen LogP contribution in [0.2, 0.25) is 0 Å². The molecular formula is C83H137BN4O59. The fourth-order valence-corrected chi connectivity index (χ4v) is 19.3. The Morgan fingerprint density at radius 2 is 0.605 bits per heavy atom. The maximum Gasteiger partial charge on any atom is 0.364 e. The van der Waals surface area contributed by atoms with E-state index in [1.165, 1.54) is 20.8 Å². The molecule has 4 amide bonds. The molecule has 0 aromatic rings. The van der Waals surface area contributed by atoms with Crippen LogP contribution >= 0.6 is 0 Å². The van der Waals surface area contributed by atoms with Gasteiger partial charge in [-0.1, -0.05) is 13.8 Å². The van der Waals surface area contributed by atoms with Gasteiger partial charge in [-0.3, -0.25) is 19.2 Å². The van der Waals surface area contributed by atoms with E-state index in [0.29, 0.717) is 0 Å². The summed E-state index contributed by atoms with van der Waals surface area (Å²) in [4.78, 5) is 78.2. The topological polar surface area (TPSA) is 981 Å². The van der Waals surface area contributed by atoms with Crippen LogP contribution in [-0.4, -0.2) is 611 Å². The third-order valence-electron chi connectivity index (χ3n) is 27.7. The summed E-state index contributed by atoms with van der Waals surface area (Å²) in [7, 11) is 5.45. The number of hydrogen-bond acceptors (Lipinski definition) is 57. The number of carboxylic acid groups (broad SMARTS) is 2. The van der Waals surface area contributed by atoms with Gasteiger partial charge in [0.2, 0.25) is 23.6 Å². The molecule has 0 spiro atoms. The number of aliphatic hydroxyl groups excluding tert-OH is 29. The Morgan fingerprint density at radius 3 is 0.952 bits per heavy atom. The van der Waals surface area contributed by atoms with Gasteiger partial charge in [-0.15, -0.1) is 0 Å². The van der Waals surface area contributed by atoms with E-state index >= 15 is 0 Å². The summed E-state index contributed by atoms with van der Waals surface area (Å²) in [6.45, 7) is -4.74. The smallest absolute Gasteiger partial charge is 0.364 e. The Labute approximate surface area is 835 Å². The van der Waals surface area contributed by atoms with Crippen LogP contribution in [0.3, 0.4) is 0 Å². The van der Waals surface area contributed by atoms with Gasteiger partial charge in [0, 0.05) is 52.4 Å². The quantitative estimate of drug-likeness (QED) is 0.0252. The first-order valence-electron chi connectivity index (χ1n) is 47.1. The molecule has 846 valence electrons. The van der Waals surface area contributed by atoms with Crippen LogP contribution < -0.4 is 21.3 Å². The summed E-state index contributed by atoms with van der Waals surface area (Å²) in [6, 6.07) is -7.41. The van der Waals surface area contributed by atoms with Crippen molar-refractivity contribution in [3.63, 3.8) is 0 Å². The molecule has 57 atom stereocenters. The highest BCUT2D eigenvalue weighted by molar-refractivity contribution is 5.98. The number of aliphatic carboxylic acids is 2. The summed E-state index contributed by atoms with van der Waals surface area (Å²) in [6.07, 6.45) is -107. The van der Waals surface area contributed by atoms with Gasteiger partial charge in [0.25, 0.3) is 19.6 Å². The summed E-state index contributed by atoms with van der Waals surface area (Å²) in [5.41, 5.74) is 0. The number of ether oxygens (including phenoxy) is 21. The average molecular weight is 2150 g/mol. The predicted octanol–water partition coefficient (Wildman–Crippen LogP) is -22.3. The van der Waals surface area contributed by atoms with Crippen molar-refractivity contribution in [1.82, 2.24) is 21.3 Å². The zero-order valence-electron chi connectivity index (χ0n) is 79.8.